The quantitative estimate of drug-likeness (QED) is 0.684. The molecule has 0 aliphatic rings. The topological polar surface area (TPSA) is 61.4 Å². The lowest BCUT2D eigenvalue weighted by molar-refractivity contribution is 0.0796. The van der Waals surface area contributed by atoms with Crippen molar-refractivity contribution >= 4 is 23.0 Å². The van der Waals surface area contributed by atoms with Gasteiger partial charge in [-0.15, -0.1) is 0 Å². The van der Waals surface area contributed by atoms with Gasteiger partial charge in [-0.2, -0.15) is 0 Å². The van der Waals surface area contributed by atoms with Crippen LogP contribution in [-0.2, 0) is 6.42 Å². The molecule has 0 fully saturated rings. The number of nitrogens with zero attached hydrogens (tertiary/aromatic N) is 4. The van der Waals surface area contributed by atoms with Crippen LogP contribution in [0.5, 0.6) is 0 Å². The molecular formula is C22H25N5O. The summed E-state index contributed by atoms with van der Waals surface area (Å²) in [5.74, 6) is -0.0480. The third-order valence-electron chi connectivity index (χ3n) is 4.49. The van der Waals surface area contributed by atoms with Crippen molar-refractivity contribution in [3.8, 4) is 0 Å². The van der Waals surface area contributed by atoms with Crippen LogP contribution in [0.15, 0.2) is 67.3 Å². The van der Waals surface area contributed by atoms with Crippen molar-refractivity contribution in [2.24, 2.45) is 0 Å². The normalized spacial score (nSPS) is 10.4. The molecule has 2 heterocycles. The molecule has 0 radical (unpaired) electrons. The maximum absolute atomic E-state index is 12.7. The fourth-order valence-corrected chi connectivity index (χ4v) is 2.80. The molecule has 0 spiro atoms. The minimum Gasteiger partial charge on any atom is -0.378 e. The van der Waals surface area contributed by atoms with Gasteiger partial charge in [0.05, 0.1) is 17.4 Å². The highest BCUT2D eigenvalue weighted by Gasteiger charge is 2.13. The van der Waals surface area contributed by atoms with Crippen LogP contribution >= 0.6 is 0 Å². The molecule has 3 aromatic rings. The van der Waals surface area contributed by atoms with Crippen LogP contribution < -0.4 is 10.2 Å². The van der Waals surface area contributed by atoms with Gasteiger partial charge < -0.3 is 15.1 Å². The summed E-state index contributed by atoms with van der Waals surface area (Å²) in [4.78, 5) is 24.7. The van der Waals surface area contributed by atoms with Crippen molar-refractivity contribution in [3.05, 3.63) is 78.4 Å². The summed E-state index contributed by atoms with van der Waals surface area (Å²) in [5.41, 5.74) is 4.58. The summed E-state index contributed by atoms with van der Waals surface area (Å²) in [6.45, 7) is 0.631. The Kier molecular flexibility index (Phi) is 6.22. The van der Waals surface area contributed by atoms with Gasteiger partial charge in [-0.25, -0.2) is 0 Å². The van der Waals surface area contributed by atoms with Gasteiger partial charge in [-0.1, -0.05) is 0 Å². The summed E-state index contributed by atoms with van der Waals surface area (Å²) in [5, 5.41) is 3.30. The molecule has 3 rings (SSSR count). The number of aromatic nitrogens is 2. The molecule has 0 atom stereocenters. The third-order valence-corrected chi connectivity index (χ3v) is 4.49. The molecule has 28 heavy (non-hydrogen) atoms. The molecule has 1 N–H and O–H groups in total. The van der Waals surface area contributed by atoms with Gasteiger partial charge in [0.1, 0.15) is 0 Å². The van der Waals surface area contributed by atoms with E-state index in [1.807, 2.05) is 68.5 Å². The molecule has 1 amide bonds. The predicted octanol–water partition coefficient (Wildman–Crippen LogP) is 3.60. The number of benzene rings is 1. The first-order valence-electron chi connectivity index (χ1n) is 9.17. The van der Waals surface area contributed by atoms with Gasteiger partial charge in [0.2, 0.25) is 0 Å². The lowest BCUT2D eigenvalue weighted by atomic mass is 10.2. The van der Waals surface area contributed by atoms with Crippen LogP contribution in [-0.4, -0.2) is 48.5 Å². The number of carbonyl (C=O) groups is 1. The monoisotopic (exact) mass is 375 g/mol. The zero-order chi connectivity index (χ0) is 19.9. The second-order valence-electron chi connectivity index (χ2n) is 6.86. The van der Waals surface area contributed by atoms with E-state index in [1.54, 1.807) is 29.7 Å². The van der Waals surface area contributed by atoms with E-state index in [9.17, 15) is 4.79 Å². The Labute approximate surface area is 165 Å². The number of anilines is 3. The minimum atomic E-state index is -0.0480. The molecule has 6 nitrogen and oxygen atoms in total. The highest BCUT2D eigenvalue weighted by Crippen LogP contribution is 2.20. The lowest BCUT2D eigenvalue weighted by Gasteiger charge is -2.18. The average molecular weight is 375 g/mol. The molecule has 1 aromatic carbocycles. The van der Waals surface area contributed by atoms with Gasteiger partial charge in [-0.3, -0.25) is 14.8 Å². The fourth-order valence-electron chi connectivity index (χ4n) is 2.80. The molecule has 0 bridgehead atoms. The molecule has 144 valence electrons. The maximum atomic E-state index is 12.7. The molecule has 0 saturated heterocycles. The Hall–Kier alpha value is -3.41. The number of likely N-dealkylation sites (N-methyl/N-ethyl adjacent to an activating group) is 1. The molecule has 0 aliphatic carbocycles. The molecular weight excluding hydrogens is 350 g/mol. The SMILES string of the molecule is CN(CCc1ccncc1)C(=O)c1cncc(Nc2ccc(N(C)C)cc2)c1. The van der Waals surface area contributed by atoms with Crippen LogP contribution in [0.1, 0.15) is 15.9 Å². The highest BCUT2D eigenvalue weighted by molar-refractivity contribution is 5.94. The van der Waals surface area contributed by atoms with E-state index in [2.05, 4.69) is 15.3 Å². The smallest absolute Gasteiger partial charge is 0.255 e. The van der Waals surface area contributed by atoms with Crippen molar-refractivity contribution in [1.82, 2.24) is 14.9 Å². The van der Waals surface area contributed by atoms with E-state index >= 15 is 0 Å². The number of nitrogens with one attached hydrogen (secondary N) is 1. The number of pyridine rings is 2. The van der Waals surface area contributed by atoms with Crippen LogP contribution in [0.3, 0.4) is 0 Å². The maximum Gasteiger partial charge on any atom is 0.255 e. The molecule has 0 unspecified atom stereocenters. The summed E-state index contributed by atoms with van der Waals surface area (Å²) in [6.07, 6.45) is 7.64. The number of carbonyl (C=O) groups excluding carboxylic acids is 1. The van der Waals surface area contributed by atoms with Crippen LogP contribution in [0.4, 0.5) is 17.1 Å². The van der Waals surface area contributed by atoms with Crippen LogP contribution in [0, 0.1) is 0 Å². The first-order valence-corrected chi connectivity index (χ1v) is 9.17. The summed E-state index contributed by atoms with van der Waals surface area (Å²) in [6, 6.07) is 13.8. The molecule has 0 saturated carbocycles. The molecule has 2 aromatic heterocycles. The van der Waals surface area contributed by atoms with Gasteiger partial charge in [-0.05, 0) is 54.4 Å². The highest BCUT2D eigenvalue weighted by atomic mass is 16.2. The number of amides is 1. The van der Waals surface area contributed by atoms with Gasteiger partial charge in [0, 0.05) is 57.7 Å². The van der Waals surface area contributed by atoms with E-state index in [0.717, 1.165) is 29.0 Å². The Morgan fingerprint density at radius 2 is 1.64 bits per heavy atom. The standard InChI is InChI=1S/C22H25N5O/c1-26(2)21-6-4-19(5-7-21)25-20-14-18(15-24-16-20)22(28)27(3)13-10-17-8-11-23-12-9-17/h4-9,11-12,14-16,25H,10,13H2,1-3H3. The molecule has 6 heteroatoms. The van der Waals surface area contributed by atoms with Gasteiger partial charge in [0.25, 0.3) is 5.91 Å². The second kappa shape index (κ2) is 8.99. The Morgan fingerprint density at radius 1 is 0.929 bits per heavy atom. The summed E-state index contributed by atoms with van der Waals surface area (Å²) in [7, 11) is 5.82. The molecule has 0 aliphatic heterocycles. The first-order chi connectivity index (χ1) is 13.5. The average Bonchev–Trinajstić information content (AvgIpc) is 2.73. The number of hydrogen-bond donors (Lipinski definition) is 1. The van der Waals surface area contributed by atoms with Crippen molar-refractivity contribution < 1.29 is 4.79 Å². The van der Waals surface area contributed by atoms with E-state index < -0.39 is 0 Å². The number of rotatable bonds is 7. The Balaban J connectivity index is 1.63. The summed E-state index contributed by atoms with van der Waals surface area (Å²) >= 11 is 0. The van der Waals surface area contributed by atoms with Crippen LogP contribution in [0.2, 0.25) is 0 Å². The van der Waals surface area contributed by atoms with E-state index in [1.165, 1.54) is 0 Å². The Morgan fingerprint density at radius 3 is 2.32 bits per heavy atom. The second-order valence-corrected chi connectivity index (χ2v) is 6.86. The largest absolute Gasteiger partial charge is 0.378 e. The zero-order valence-electron chi connectivity index (χ0n) is 16.5. The van der Waals surface area contributed by atoms with E-state index in [-0.39, 0.29) is 5.91 Å². The third kappa shape index (κ3) is 5.07. The first kappa shape index (κ1) is 19.4. The Bertz CT molecular complexity index is 910. The summed E-state index contributed by atoms with van der Waals surface area (Å²) < 4.78 is 0. The van der Waals surface area contributed by atoms with Crippen molar-refractivity contribution in [3.63, 3.8) is 0 Å². The fraction of sp³-hybridized carbons (Fsp3) is 0.227. The van der Waals surface area contributed by atoms with Crippen molar-refractivity contribution in [2.45, 2.75) is 6.42 Å². The van der Waals surface area contributed by atoms with Crippen molar-refractivity contribution in [1.29, 1.82) is 0 Å². The van der Waals surface area contributed by atoms with Gasteiger partial charge in [0.15, 0.2) is 0 Å². The van der Waals surface area contributed by atoms with Crippen LogP contribution in [0.25, 0.3) is 0 Å². The van der Waals surface area contributed by atoms with Gasteiger partial charge >= 0.3 is 0 Å². The minimum absolute atomic E-state index is 0.0480. The zero-order valence-corrected chi connectivity index (χ0v) is 16.5. The van der Waals surface area contributed by atoms with Crippen molar-refractivity contribution in [2.75, 3.05) is 37.9 Å². The number of hydrogen-bond acceptors (Lipinski definition) is 5. The van der Waals surface area contributed by atoms with E-state index in [4.69, 9.17) is 0 Å². The van der Waals surface area contributed by atoms with E-state index in [0.29, 0.717) is 12.1 Å². The predicted molar refractivity (Wildman–Crippen MR) is 113 cm³/mol. The lowest BCUT2D eigenvalue weighted by Crippen LogP contribution is -2.29.